The van der Waals surface area contributed by atoms with Crippen LogP contribution in [-0.4, -0.2) is 19.2 Å². The van der Waals surface area contributed by atoms with E-state index in [1.54, 1.807) is 6.92 Å². The molecule has 0 amide bonds. The number of nitrogens with two attached hydrogens (primary N) is 1. The molecule has 0 rings (SSSR count). The molecule has 0 aliphatic heterocycles. The molecule has 40 valence electrons. The van der Waals surface area contributed by atoms with Gasteiger partial charge in [0.2, 0.25) is 0 Å². The highest BCUT2D eigenvalue weighted by atomic mass is 15.2. The molecule has 0 fully saturated rings. The summed E-state index contributed by atoms with van der Waals surface area (Å²) in [6, 6.07) is 0. The Hall–Kier alpha value is -0.700. The number of hydrogen-bond donors (Lipinski definition) is 1. The van der Waals surface area contributed by atoms with Gasteiger partial charge in [-0.25, -0.2) is 0 Å². The van der Waals surface area contributed by atoms with Crippen LogP contribution in [0.1, 0.15) is 6.92 Å². The largest absolute Gasteiger partial charge is 0.289 e. The van der Waals surface area contributed by atoms with Crippen LogP contribution in [-0.2, 0) is 0 Å². The van der Waals surface area contributed by atoms with E-state index in [1.165, 1.54) is 0 Å². The molecule has 3 nitrogen and oxygen atoms in total. The molecule has 0 aliphatic carbocycles. The van der Waals surface area contributed by atoms with Gasteiger partial charge in [0.05, 0.1) is 0 Å². The van der Waals surface area contributed by atoms with Gasteiger partial charge in [0.25, 0.3) is 0 Å². The summed E-state index contributed by atoms with van der Waals surface area (Å²) in [5.41, 5.74) is 5.26. The van der Waals surface area contributed by atoms with Crippen molar-refractivity contribution in [2.75, 3.05) is 0 Å². The third-order valence-corrected chi connectivity index (χ3v) is 0.640. The summed E-state index contributed by atoms with van der Waals surface area (Å²) in [7, 11) is 0. The lowest BCUT2D eigenvalue weighted by Crippen LogP contribution is -2.29. The molecule has 0 aliphatic rings. The van der Waals surface area contributed by atoms with Crippen molar-refractivity contribution in [2.24, 2.45) is 15.7 Å². The van der Waals surface area contributed by atoms with E-state index in [2.05, 4.69) is 23.4 Å². The summed E-state index contributed by atoms with van der Waals surface area (Å²) in [6.07, 6.45) is 0. The van der Waals surface area contributed by atoms with Gasteiger partial charge in [0, 0.05) is 0 Å². The molecule has 0 bridgehead atoms. The van der Waals surface area contributed by atoms with Gasteiger partial charge < -0.3 is 0 Å². The van der Waals surface area contributed by atoms with E-state index in [4.69, 9.17) is 5.73 Å². The molecular formula is C4H9N3. The molecule has 0 atom stereocenters. The molecule has 0 saturated carbocycles. The van der Waals surface area contributed by atoms with Gasteiger partial charge in [-0.1, -0.05) is 0 Å². The normalized spacial score (nSPS) is 10.6. The lowest BCUT2D eigenvalue weighted by atomic mass is 10.5. The summed E-state index contributed by atoms with van der Waals surface area (Å²) in [5, 5.41) is 0. The first-order valence-electron chi connectivity index (χ1n) is 1.87. The van der Waals surface area contributed by atoms with Crippen molar-refractivity contribution in [2.45, 2.75) is 12.7 Å². The molecule has 0 aromatic rings. The zero-order valence-electron chi connectivity index (χ0n) is 4.39. The molecule has 0 aromatic carbocycles. The van der Waals surface area contributed by atoms with Crippen LogP contribution in [0.5, 0.6) is 0 Å². The van der Waals surface area contributed by atoms with Crippen LogP contribution in [0.4, 0.5) is 0 Å². The maximum absolute atomic E-state index is 5.26. The Labute approximate surface area is 43.0 Å². The van der Waals surface area contributed by atoms with Gasteiger partial charge >= 0.3 is 0 Å². The number of aliphatic imine (C=N–C) groups is 2. The fourth-order valence-electron chi connectivity index (χ4n) is 0.0500. The first-order chi connectivity index (χ1) is 3.12. The van der Waals surface area contributed by atoms with Crippen LogP contribution < -0.4 is 5.73 Å². The van der Waals surface area contributed by atoms with Crippen molar-refractivity contribution in [3.63, 3.8) is 0 Å². The lowest BCUT2D eigenvalue weighted by molar-refractivity contribution is 0.530. The summed E-state index contributed by atoms with van der Waals surface area (Å²) < 4.78 is 0. The summed E-state index contributed by atoms with van der Waals surface area (Å²) >= 11 is 0. The van der Waals surface area contributed by atoms with Crippen LogP contribution >= 0.6 is 0 Å². The highest BCUT2D eigenvalue weighted by Gasteiger charge is 2.07. The van der Waals surface area contributed by atoms with E-state index in [9.17, 15) is 0 Å². The predicted octanol–water partition coefficient (Wildman–Crippen LogP) is 0.0200. The molecule has 0 spiro atoms. The first kappa shape index (κ1) is 6.30. The number of rotatable bonds is 2. The van der Waals surface area contributed by atoms with E-state index in [-0.39, 0.29) is 0 Å². The number of nitrogens with zero attached hydrogens (tertiary/aromatic N) is 2. The second kappa shape index (κ2) is 1.84. The maximum atomic E-state index is 5.26. The Morgan fingerprint density at radius 2 is 1.71 bits per heavy atom. The minimum absolute atomic E-state index is 0.889. The van der Waals surface area contributed by atoms with Gasteiger partial charge in [0.1, 0.15) is 0 Å². The van der Waals surface area contributed by atoms with Crippen LogP contribution in [0, 0.1) is 0 Å². The van der Waals surface area contributed by atoms with E-state index >= 15 is 0 Å². The quantitative estimate of drug-likeness (QED) is 0.487. The zero-order chi connectivity index (χ0) is 5.91. The van der Waals surface area contributed by atoms with E-state index in [0.29, 0.717) is 0 Å². The molecule has 3 heteroatoms. The Morgan fingerprint density at radius 3 is 1.71 bits per heavy atom. The highest BCUT2D eigenvalue weighted by Crippen LogP contribution is 1.97. The average molecular weight is 99.1 g/mol. The number of hydrogen-bond acceptors (Lipinski definition) is 3. The Bertz CT molecular complexity index is 74.9. The van der Waals surface area contributed by atoms with Crippen molar-refractivity contribution < 1.29 is 0 Å². The Morgan fingerprint density at radius 1 is 1.43 bits per heavy atom. The standard InChI is InChI=1S/C4H9N3/c1-4(5,6-2)7-3/h2-3,5H2,1H3. The monoisotopic (exact) mass is 99.1 g/mol. The lowest BCUT2D eigenvalue weighted by Gasteiger charge is -2.09. The van der Waals surface area contributed by atoms with Gasteiger partial charge in [-0.3, -0.25) is 15.7 Å². The average Bonchev–Trinajstić information content (AvgIpc) is 1.68. The summed E-state index contributed by atoms with van der Waals surface area (Å²) in [5.74, 6) is -0.889. The molecule has 0 aromatic heterocycles. The van der Waals surface area contributed by atoms with Crippen LogP contribution in [0.3, 0.4) is 0 Å². The van der Waals surface area contributed by atoms with Crippen molar-refractivity contribution >= 4 is 13.4 Å². The molecule has 7 heavy (non-hydrogen) atoms. The van der Waals surface area contributed by atoms with E-state index in [1.807, 2.05) is 0 Å². The zero-order valence-corrected chi connectivity index (χ0v) is 4.39. The van der Waals surface area contributed by atoms with Gasteiger partial charge in [-0.05, 0) is 20.4 Å². The Balaban J connectivity index is 3.82. The third kappa shape index (κ3) is 2.05. The second-order valence-electron chi connectivity index (χ2n) is 1.41. The van der Waals surface area contributed by atoms with Gasteiger partial charge in [-0.15, -0.1) is 0 Å². The van der Waals surface area contributed by atoms with Crippen molar-refractivity contribution in [3.05, 3.63) is 0 Å². The van der Waals surface area contributed by atoms with Crippen LogP contribution in [0.25, 0.3) is 0 Å². The minimum Gasteiger partial charge on any atom is -0.289 e. The first-order valence-corrected chi connectivity index (χ1v) is 1.87. The van der Waals surface area contributed by atoms with Crippen LogP contribution in [0.2, 0.25) is 0 Å². The minimum atomic E-state index is -0.889. The molecule has 2 N–H and O–H groups in total. The molecule has 0 unspecified atom stereocenters. The predicted molar refractivity (Wildman–Crippen MR) is 31.7 cm³/mol. The van der Waals surface area contributed by atoms with Gasteiger partial charge in [-0.2, -0.15) is 0 Å². The SMILES string of the molecule is C=NC(C)(N)N=C. The fourth-order valence-corrected chi connectivity index (χ4v) is 0.0500. The smallest absolute Gasteiger partial charge is 0.197 e. The maximum Gasteiger partial charge on any atom is 0.197 e. The van der Waals surface area contributed by atoms with Gasteiger partial charge in [0.15, 0.2) is 5.79 Å². The third-order valence-electron chi connectivity index (χ3n) is 0.640. The second-order valence-corrected chi connectivity index (χ2v) is 1.41. The van der Waals surface area contributed by atoms with E-state index in [0.717, 1.165) is 0 Å². The van der Waals surface area contributed by atoms with Crippen molar-refractivity contribution in [3.8, 4) is 0 Å². The molecular weight excluding hydrogens is 90.1 g/mol. The van der Waals surface area contributed by atoms with Crippen LogP contribution in [0.15, 0.2) is 9.98 Å². The Kier molecular flexibility index (Phi) is 1.66. The topological polar surface area (TPSA) is 50.7 Å². The van der Waals surface area contributed by atoms with E-state index < -0.39 is 5.79 Å². The molecule has 0 saturated heterocycles. The summed E-state index contributed by atoms with van der Waals surface area (Å²) in [6.45, 7) is 8.01. The van der Waals surface area contributed by atoms with Crippen molar-refractivity contribution in [1.29, 1.82) is 0 Å². The molecule has 0 radical (unpaired) electrons. The molecule has 0 heterocycles. The summed E-state index contributed by atoms with van der Waals surface area (Å²) in [4.78, 5) is 6.88. The highest BCUT2D eigenvalue weighted by molar-refractivity contribution is 5.29. The van der Waals surface area contributed by atoms with Crippen molar-refractivity contribution in [1.82, 2.24) is 0 Å². The fraction of sp³-hybridized carbons (Fsp3) is 0.500.